The smallest absolute Gasteiger partial charge is 0.328 e. The standard InChI is InChI=1S/C14H21N3O3/c1-9(2)12(13(18)20-4)17-14(19)15-8-11-7-5-6-10(3)16-11/h5-7,9,12H,8H2,1-4H3,(H2,15,17,19)/t12-/m0/s1. The Morgan fingerprint density at radius 1 is 1.35 bits per heavy atom. The lowest BCUT2D eigenvalue weighted by Gasteiger charge is -2.20. The number of nitrogens with zero attached hydrogens (tertiary/aromatic N) is 1. The molecule has 0 fully saturated rings. The predicted octanol–water partition coefficient (Wildman–Crippen LogP) is 1.39. The fraction of sp³-hybridized carbons (Fsp3) is 0.500. The minimum absolute atomic E-state index is 0.0507. The number of hydrogen-bond donors (Lipinski definition) is 2. The molecule has 6 nitrogen and oxygen atoms in total. The van der Waals surface area contributed by atoms with Gasteiger partial charge in [0.1, 0.15) is 6.04 Å². The van der Waals surface area contributed by atoms with E-state index in [0.29, 0.717) is 6.54 Å². The van der Waals surface area contributed by atoms with Crippen LogP contribution in [0.25, 0.3) is 0 Å². The minimum atomic E-state index is -0.662. The van der Waals surface area contributed by atoms with Crippen LogP contribution >= 0.6 is 0 Å². The monoisotopic (exact) mass is 279 g/mol. The molecular formula is C14H21N3O3. The maximum atomic E-state index is 11.8. The Labute approximate surface area is 118 Å². The zero-order valence-electron chi connectivity index (χ0n) is 12.3. The molecule has 0 saturated carbocycles. The molecular weight excluding hydrogens is 258 g/mol. The van der Waals surface area contributed by atoms with Gasteiger partial charge in [0.25, 0.3) is 0 Å². The van der Waals surface area contributed by atoms with E-state index in [1.54, 1.807) is 0 Å². The van der Waals surface area contributed by atoms with Gasteiger partial charge in [-0.25, -0.2) is 9.59 Å². The van der Waals surface area contributed by atoms with Crippen LogP contribution in [-0.2, 0) is 16.1 Å². The molecule has 110 valence electrons. The van der Waals surface area contributed by atoms with E-state index in [2.05, 4.69) is 20.4 Å². The number of urea groups is 1. The number of aromatic nitrogens is 1. The summed E-state index contributed by atoms with van der Waals surface area (Å²) in [5.74, 6) is -0.505. The first-order valence-corrected chi connectivity index (χ1v) is 6.48. The Morgan fingerprint density at radius 3 is 2.60 bits per heavy atom. The molecule has 0 aliphatic heterocycles. The Bertz CT molecular complexity index is 474. The lowest BCUT2D eigenvalue weighted by Crippen LogP contribution is -2.48. The van der Waals surface area contributed by atoms with E-state index < -0.39 is 18.0 Å². The molecule has 2 amide bonds. The van der Waals surface area contributed by atoms with Crippen LogP contribution in [0.1, 0.15) is 25.2 Å². The highest BCUT2D eigenvalue weighted by Gasteiger charge is 2.24. The van der Waals surface area contributed by atoms with Gasteiger partial charge >= 0.3 is 12.0 Å². The number of ether oxygens (including phenoxy) is 1. The number of methoxy groups -OCH3 is 1. The van der Waals surface area contributed by atoms with Gasteiger partial charge in [0.05, 0.1) is 19.3 Å². The Balaban J connectivity index is 2.52. The molecule has 0 saturated heterocycles. The molecule has 1 rings (SSSR count). The first kappa shape index (κ1) is 15.9. The first-order valence-electron chi connectivity index (χ1n) is 6.48. The largest absolute Gasteiger partial charge is 0.467 e. The summed E-state index contributed by atoms with van der Waals surface area (Å²) < 4.78 is 4.66. The van der Waals surface area contributed by atoms with Gasteiger partial charge in [-0.2, -0.15) is 0 Å². The number of hydrogen-bond acceptors (Lipinski definition) is 4. The van der Waals surface area contributed by atoms with Crippen LogP contribution in [0.3, 0.4) is 0 Å². The molecule has 6 heteroatoms. The van der Waals surface area contributed by atoms with Gasteiger partial charge < -0.3 is 15.4 Å². The third kappa shape index (κ3) is 4.87. The molecule has 0 aliphatic rings. The van der Waals surface area contributed by atoms with E-state index >= 15 is 0 Å². The molecule has 0 aliphatic carbocycles. The molecule has 0 aromatic carbocycles. The molecule has 1 heterocycles. The lowest BCUT2D eigenvalue weighted by atomic mass is 10.1. The number of rotatable bonds is 5. The van der Waals surface area contributed by atoms with Gasteiger partial charge in [0, 0.05) is 5.69 Å². The second-order valence-electron chi connectivity index (χ2n) is 4.84. The quantitative estimate of drug-likeness (QED) is 0.798. The third-order valence-electron chi connectivity index (χ3n) is 2.78. The highest BCUT2D eigenvalue weighted by Crippen LogP contribution is 2.03. The Kier molecular flexibility index (Phi) is 5.96. The van der Waals surface area contributed by atoms with E-state index in [4.69, 9.17) is 0 Å². The fourth-order valence-electron chi connectivity index (χ4n) is 1.69. The van der Waals surface area contributed by atoms with Crippen LogP contribution < -0.4 is 10.6 Å². The van der Waals surface area contributed by atoms with Crippen LogP contribution in [0.5, 0.6) is 0 Å². The Morgan fingerprint density at radius 2 is 2.05 bits per heavy atom. The Hall–Kier alpha value is -2.11. The second-order valence-corrected chi connectivity index (χ2v) is 4.84. The number of carbonyl (C=O) groups is 2. The van der Waals surface area contributed by atoms with Crippen LogP contribution in [0.15, 0.2) is 18.2 Å². The van der Waals surface area contributed by atoms with E-state index in [1.807, 2.05) is 39.0 Å². The normalized spacial score (nSPS) is 11.8. The maximum Gasteiger partial charge on any atom is 0.328 e. The minimum Gasteiger partial charge on any atom is -0.467 e. The average molecular weight is 279 g/mol. The number of carbonyl (C=O) groups excluding carboxylic acids is 2. The van der Waals surface area contributed by atoms with Crippen molar-refractivity contribution in [3.8, 4) is 0 Å². The van der Waals surface area contributed by atoms with Crippen LogP contribution in [0.2, 0.25) is 0 Å². The average Bonchev–Trinajstić information content (AvgIpc) is 2.41. The second kappa shape index (κ2) is 7.47. The summed E-state index contributed by atoms with van der Waals surface area (Å²) in [6.45, 7) is 5.86. The molecule has 0 spiro atoms. The summed E-state index contributed by atoms with van der Waals surface area (Å²) >= 11 is 0. The van der Waals surface area contributed by atoms with Crippen molar-refractivity contribution in [2.45, 2.75) is 33.4 Å². The summed E-state index contributed by atoms with van der Waals surface area (Å²) in [5, 5.41) is 5.27. The zero-order valence-corrected chi connectivity index (χ0v) is 12.3. The molecule has 20 heavy (non-hydrogen) atoms. The highest BCUT2D eigenvalue weighted by molar-refractivity contribution is 5.83. The first-order chi connectivity index (χ1) is 9.43. The lowest BCUT2D eigenvalue weighted by molar-refractivity contribution is -0.143. The number of aryl methyl sites for hydroxylation is 1. The molecule has 1 aromatic rings. The van der Waals surface area contributed by atoms with Crippen molar-refractivity contribution in [1.82, 2.24) is 15.6 Å². The predicted molar refractivity (Wildman–Crippen MR) is 75.0 cm³/mol. The summed E-state index contributed by atoms with van der Waals surface area (Å²) in [6, 6.07) is 4.51. The van der Waals surface area contributed by atoms with E-state index in [1.165, 1.54) is 7.11 Å². The van der Waals surface area contributed by atoms with Crippen molar-refractivity contribution >= 4 is 12.0 Å². The van der Waals surface area contributed by atoms with Crippen molar-refractivity contribution < 1.29 is 14.3 Å². The zero-order chi connectivity index (χ0) is 15.1. The number of nitrogens with one attached hydrogen (secondary N) is 2. The van der Waals surface area contributed by atoms with Crippen molar-refractivity contribution in [3.63, 3.8) is 0 Å². The molecule has 1 aromatic heterocycles. The highest BCUT2D eigenvalue weighted by atomic mass is 16.5. The van der Waals surface area contributed by atoms with Crippen LogP contribution in [0, 0.1) is 12.8 Å². The van der Waals surface area contributed by atoms with E-state index in [0.717, 1.165) is 11.4 Å². The van der Waals surface area contributed by atoms with Crippen molar-refractivity contribution in [2.24, 2.45) is 5.92 Å². The number of amides is 2. The third-order valence-corrected chi connectivity index (χ3v) is 2.78. The van der Waals surface area contributed by atoms with Crippen LogP contribution in [-0.4, -0.2) is 30.1 Å². The number of esters is 1. The van der Waals surface area contributed by atoms with E-state index in [-0.39, 0.29) is 5.92 Å². The summed E-state index contributed by atoms with van der Waals surface area (Å²) in [7, 11) is 1.30. The van der Waals surface area contributed by atoms with Gasteiger partial charge in [-0.05, 0) is 25.0 Å². The molecule has 0 radical (unpaired) electrons. The van der Waals surface area contributed by atoms with Crippen molar-refractivity contribution in [1.29, 1.82) is 0 Å². The van der Waals surface area contributed by atoms with Gasteiger partial charge in [0.15, 0.2) is 0 Å². The van der Waals surface area contributed by atoms with Crippen molar-refractivity contribution in [3.05, 3.63) is 29.6 Å². The summed E-state index contributed by atoms with van der Waals surface area (Å²) in [6.07, 6.45) is 0. The summed E-state index contributed by atoms with van der Waals surface area (Å²) in [4.78, 5) is 27.6. The van der Waals surface area contributed by atoms with Gasteiger partial charge in [-0.1, -0.05) is 19.9 Å². The van der Waals surface area contributed by atoms with Crippen molar-refractivity contribution in [2.75, 3.05) is 7.11 Å². The van der Waals surface area contributed by atoms with Gasteiger partial charge in [-0.3, -0.25) is 4.98 Å². The molecule has 1 atom stereocenters. The molecule has 0 bridgehead atoms. The molecule has 0 unspecified atom stereocenters. The fourth-order valence-corrected chi connectivity index (χ4v) is 1.69. The summed E-state index contributed by atoms with van der Waals surface area (Å²) in [5.41, 5.74) is 1.65. The van der Waals surface area contributed by atoms with E-state index in [9.17, 15) is 9.59 Å². The van der Waals surface area contributed by atoms with Gasteiger partial charge in [-0.15, -0.1) is 0 Å². The topological polar surface area (TPSA) is 80.3 Å². The molecule has 2 N–H and O–H groups in total. The SMILES string of the molecule is COC(=O)[C@@H](NC(=O)NCc1cccc(C)n1)C(C)C. The van der Waals surface area contributed by atoms with Crippen LogP contribution in [0.4, 0.5) is 4.79 Å². The van der Waals surface area contributed by atoms with Gasteiger partial charge in [0.2, 0.25) is 0 Å². The number of pyridine rings is 1. The maximum absolute atomic E-state index is 11.8.